The Morgan fingerprint density at radius 3 is 2.53 bits per heavy atom. The van der Waals surface area contributed by atoms with E-state index in [1.807, 2.05) is 73.0 Å². The highest BCUT2D eigenvalue weighted by Crippen LogP contribution is 2.27. The van der Waals surface area contributed by atoms with Crippen molar-refractivity contribution < 1.29 is 9.21 Å². The first-order chi connectivity index (χ1) is 16.5. The Morgan fingerprint density at radius 1 is 1.09 bits per heavy atom. The summed E-state index contributed by atoms with van der Waals surface area (Å²) in [5, 5.41) is 18.4. The van der Waals surface area contributed by atoms with Gasteiger partial charge in [-0.2, -0.15) is 5.26 Å². The summed E-state index contributed by atoms with van der Waals surface area (Å²) in [5.41, 5.74) is 4.04. The fourth-order valence-electron chi connectivity index (χ4n) is 3.76. The number of amides is 1. The number of hydrogen-bond acceptors (Lipinski definition) is 6. The number of benzene rings is 2. The van der Waals surface area contributed by atoms with Gasteiger partial charge in [0.15, 0.2) is 10.9 Å². The lowest BCUT2D eigenvalue weighted by molar-refractivity contribution is -0.116. The zero-order chi connectivity index (χ0) is 23.9. The zero-order valence-corrected chi connectivity index (χ0v) is 20.0. The van der Waals surface area contributed by atoms with E-state index >= 15 is 0 Å². The van der Waals surface area contributed by atoms with Crippen molar-refractivity contribution in [2.45, 2.75) is 32.0 Å². The van der Waals surface area contributed by atoms with Gasteiger partial charge in [-0.3, -0.25) is 9.36 Å². The molecule has 0 unspecified atom stereocenters. The summed E-state index contributed by atoms with van der Waals surface area (Å²) < 4.78 is 7.52. The molecule has 7 nitrogen and oxygen atoms in total. The molecule has 0 saturated carbocycles. The largest absolute Gasteiger partial charge is 0.461 e. The van der Waals surface area contributed by atoms with Crippen LogP contribution in [0.15, 0.2) is 76.5 Å². The van der Waals surface area contributed by atoms with Crippen LogP contribution in [0.5, 0.6) is 0 Å². The first-order valence-electron chi connectivity index (χ1n) is 10.9. The Kier molecular flexibility index (Phi) is 7.45. The highest BCUT2D eigenvalue weighted by Gasteiger charge is 2.21. The average Bonchev–Trinajstić information content (AvgIpc) is 3.48. The van der Waals surface area contributed by atoms with Crippen LogP contribution in [0.2, 0.25) is 0 Å². The lowest BCUT2D eigenvalue weighted by Gasteiger charge is -2.22. The van der Waals surface area contributed by atoms with Crippen LogP contribution in [-0.4, -0.2) is 33.0 Å². The Morgan fingerprint density at radius 2 is 1.85 bits per heavy atom. The number of nitrogens with zero attached hydrogens (tertiary/aromatic N) is 5. The summed E-state index contributed by atoms with van der Waals surface area (Å²) in [4.78, 5) is 15.0. The van der Waals surface area contributed by atoms with Gasteiger partial charge >= 0.3 is 0 Å². The molecule has 4 aromatic rings. The number of carbonyl (C=O) groups is 1. The Bertz CT molecular complexity index is 1270. The van der Waals surface area contributed by atoms with E-state index in [4.69, 9.17) is 9.68 Å². The molecule has 0 aliphatic carbocycles. The fourth-order valence-corrected chi connectivity index (χ4v) is 4.58. The molecule has 2 aromatic carbocycles. The summed E-state index contributed by atoms with van der Waals surface area (Å²) >= 11 is 1.33. The van der Waals surface area contributed by atoms with Gasteiger partial charge < -0.3 is 9.32 Å². The summed E-state index contributed by atoms with van der Waals surface area (Å²) in [5.74, 6) is 1.31. The Balaban J connectivity index is 1.58. The number of rotatable bonds is 9. The molecule has 0 N–H and O–H groups in total. The monoisotopic (exact) mass is 471 g/mol. The van der Waals surface area contributed by atoms with Gasteiger partial charge in [-0.05, 0) is 54.8 Å². The molecule has 0 fully saturated rings. The van der Waals surface area contributed by atoms with Crippen molar-refractivity contribution in [2.75, 3.05) is 17.2 Å². The number of nitriles is 1. The summed E-state index contributed by atoms with van der Waals surface area (Å²) in [7, 11) is 0. The minimum Gasteiger partial charge on any atom is -0.461 e. The van der Waals surface area contributed by atoms with E-state index < -0.39 is 0 Å². The second kappa shape index (κ2) is 10.9. The average molecular weight is 472 g/mol. The van der Waals surface area contributed by atoms with E-state index in [0.29, 0.717) is 29.8 Å². The van der Waals surface area contributed by atoms with Crippen LogP contribution in [0.3, 0.4) is 0 Å². The second-order valence-electron chi connectivity index (χ2n) is 7.94. The lowest BCUT2D eigenvalue weighted by Crippen LogP contribution is -2.33. The van der Waals surface area contributed by atoms with Crippen LogP contribution in [-0.2, 0) is 11.3 Å². The number of thioether (sulfide) groups is 1. The van der Waals surface area contributed by atoms with E-state index in [2.05, 4.69) is 22.3 Å². The first-order valence-corrected chi connectivity index (χ1v) is 11.9. The predicted octanol–water partition coefficient (Wildman–Crippen LogP) is 5.24. The summed E-state index contributed by atoms with van der Waals surface area (Å²) in [6.07, 6.45) is 1.86. The van der Waals surface area contributed by atoms with Gasteiger partial charge in [-0.25, -0.2) is 0 Å². The molecular weight excluding hydrogens is 446 g/mol. The summed E-state index contributed by atoms with van der Waals surface area (Å²) in [6.45, 7) is 4.89. The molecule has 4 rings (SSSR count). The van der Waals surface area contributed by atoms with Gasteiger partial charge in [0.05, 0.1) is 31.1 Å². The van der Waals surface area contributed by atoms with Crippen molar-refractivity contribution >= 4 is 23.4 Å². The number of hydrogen-bond donors (Lipinski definition) is 0. The maximum absolute atomic E-state index is 13.3. The Hall–Kier alpha value is -3.83. The van der Waals surface area contributed by atoms with E-state index in [1.165, 1.54) is 11.8 Å². The van der Waals surface area contributed by atoms with Crippen LogP contribution in [0.25, 0.3) is 11.6 Å². The zero-order valence-electron chi connectivity index (χ0n) is 19.1. The van der Waals surface area contributed by atoms with Crippen LogP contribution in [0, 0.1) is 25.2 Å². The minimum absolute atomic E-state index is 0.0842. The van der Waals surface area contributed by atoms with E-state index in [9.17, 15) is 4.79 Å². The number of anilines is 1. The molecular formula is C26H25N5O2S. The van der Waals surface area contributed by atoms with Crippen molar-refractivity contribution in [2.24, 2.45) is 0 Å². The molecule has 0 bridgehead atoms. The number of carbonyl (C=O) groups excluding carboxylic acids is 1. The fraction of sp³-hybridized carbons (Fsp3) is 0.231. The van der Waals surface area contributed by atoms with Gasteiger partial charge in [0, 0.05) is 12.2 Å². The van der Waals surface area contributed by atoms with E-state index in [-0.39, 0.29) is 18.1 Å². The van der Waals surface area contributed by atoms with Crippen molar-refractivity contribution in [3.8, 4) is 17.7 Å². The van der Waals surface area contributed by atoms with Crippen LogP contribution in [0.1, 0.15) is 23.1 Å². The molecule has 0 aliphatic heterocycles. The number of aromatic nitrogens is 3. The number of furan rings is 1. The molecule has 8 heteroatoms. The van der Waals surface area contributed by atoms with Gasteiger partial charge in [-0.15, -0.1) is 10.2 Å². The molecule has 172 valence electrons. The molecule has 2 aromatic heterocycles. The quantitative estimate of drug-likeness (QED) is 0.310. The van der Waals surface area contributed by atoms with Crippen molar-refractivity contribution in [1.82, 2.24) is 14.8 Å². The molecule has 1 amide bonds. The van der Waals surface area contributed by atoms with Crippen molar-refractivity contribution in [3.05, 3.63) is 83.6 Å². The van der Waals surface area contributed by atoms with Gasteiger partial charge in [-0.1, -0.05) is 48.2 Å². The number of aryl methyl sites for hydroxylation is 2. The third-order valence-corrected chi connectivity index (χ3v) is 6.18. The highest BCUT2D eigenvalue weighted by atomic mass is 32.2. The molecule has 0 saturated heterocycles. The van der Waals surface area contributed by atoms with Crippen LogP contribution < -0.4 is 4.90 Å². The molecule has 34 heavy (non-hydrogen) atoms. The van der Waals surface area contributed by atoms with Gasteiger partial charge in [0.1, 0.15) is 0 Å². The standard InChI is InChI=1S/C26H25N5O2S/c1-19-14-20(2)16-22(15-19)30(12-7-11-27)24(32)18-34-26-29-28-25(23-10-6-13-33-23)31(26)17-21-8-4-3-5-9-21/h3-6,8-10,13-16H,7,12,17-18H2,1-2H3. The van der Waals surface area contributed by atoms with Crippen molar-refractivity contribution in [1.29, 1.82) is 5.26 Å². The predicted molar refractivity (Wildman–Crippen MR) is 132 cm³/mol. The third kappa shape index (κ3) is 5.56. The smallest absolute Gasteiger partial charge is 0.237 e. The third-order valence-electron chi connectivity index (χ3n) is 5.23. The maximum Gasteiger partial charge on any atom is 0.237 e. The SMILES string of the molecule is Cc1cc(C)cc(N(CCC#N)C(=O)CSc2nnc(-c3ccco3)n2Cc2ccccc2)c1. The highest BCUT2D eigenvalue weighted by molar-refractivity contribution is 7.99. The van der Waals surface area contributed by atoms with Crippen LogP contribution in [0.4, 0.5) is 5.69 Å². The molecule has 2 heterocycles. The van der Waals surface area contributed by atoms with Gasteiger partial charge in [0.2, 0.25) is 11.7 Å². The van der Waals surface area contributed by atoms with E-state index in [0.717, 1.165) is 22.4 Å². The van der Waals surface area contributed by atoms with Gasteiger partial charge in [0.25, 0.3) is 0 Å². The Labute approximate surface area is 203 Å². The minimum atomic E-state index is -0.0842. The summed E-state index contributed by atoms with van der Waals surface area (Å²) in [6, 6.07) is 21.8. The van der Waals surface area contributed by atoms with E-state index in [1.54, 1.807) is 11.2 Å². The van der Waals surface area contributed by atoms with Crippen LogP contribution >= 0.6 is 11.8 Å². The normalized spacial score (nSPS) is 10.7. The van der Waals surface area contributed by atoms with Crippen molar-refractivity contribution in [3.63, 3.8) is 0 Å². The molecule has 0 radical (unpaired) electrons. The second-order valence-corrected chi connectivity index (χ2v) is 8.89. The molecule has 0 aliphatic rings. The first kappa shape index (κ1) is 23.3. The topological polar surface area (TPSA) is 87.9 Å². The maximum atomic E-state index is 13.3. The molecule has 0 spiro atoms. The lowest BCUT2D eigenvalue weighted by atomic mass is 10.1. The molecule has 0 atom stereocenters.